The van der Waals surface area contributed by atoms with E-state index in [2.05, 4.69) is 39.4 Å². The molecule has 0 fully saturated rings. The Labute approximate surface area is 138 Å². The lowest BCUT2D eigenvalue weighted by molar-refractivity contribution is 0.625. The van der Waals surface area contributed by atoms with Gasteiger partial charge in [0.25, 0.3) is 0 Å². The van der Waals surface area contributed by atoms with Crippen molar-refractivity contribution >= 4 is 39.1 Å². The molecule has 1 N–H and O–H groups in total. The minimum absolute atomic E-state index is 0.371. The van der Waals surface area contributed by atoms with E-state index in [-0.39, 0.29) is 0 Å². The molecule has 0 aliphatic heterocycles. The van der Waals surface area contributed by atoms with Crippen molar-refractivity contribution in [1.82, 2.24) is 5.32 Å². The molecule has 0 heterocycles. The Morgan fingerprint density at radius 3 is 2.60 bits per heavy atom. The highest BCUT2D eigenvalue weighted by Gasteiger charge is 2.14. The minimum Gasteiger partial charge on any atom is -0.319 e. The average molecular weight is 373 g/mol. The Kier molecular flexibility index (Phi) is 5.91. The summed E-state index contributed by atoms with van der Waals surface area (Å²) in [6.45, 7) is 0.898. The molecule has 1 nitrogen and oxygen atoms in total. The van der Waals surface area contributed by atoms with Gasteiger partial charge < -0.3 is 5.32 Å². The Hall–Kier alpha value is -0.540. The maximum atomic E-state index is 6.28. The zero-order valence-electron chi connectivity index (χ0n) is 11.2. The number of hydrogen-bond acceptors (Lipinski definition) is 1. The number of halogens is 3. The summed E-state index contributed by atoms with van der Waals surface area (Å²) < 4.78 is 1.10. The molecule has 0 bridgehead atoms. The van der Waals surface area contributed by atoms with E-state index in [4.69, 9.17) is 23.2 Å². The largest absolute Gasteiger partial charge is 0.319 e. The molecule has 1 unspecified atom stereocenters. The summed E-state index contributed by atoms with van der Waals surface area (Å²) in [6.07, 6.45) is 0.882. The van der Waals surface area contributed by atoms with Crippen LogP contribution in [0.2, 0.25) is 10.0 Å². The van der Waals surface area contributed by atoms with Gasteiger partial charge in [0.1, 0.15) is 0 Å². The maximum Gasteiger partial charge on any atom is 0.0453 e. The standard InChI is InChI=1S/C16H16BrCl2N/c1-20-10-13(11-3-2-4-14(17)8-11)7-12-5-6-15(18)9-16(12)19/h2-6,8-9,13,20H,7,10H2,1H3. The Morgan fingerprint density at radius 2 is 1.95 bits per heavy atom. The smallest absolute Gasteiger partial charge is 0.0453 e. The zero-order valence-corrected chi connectivity index (χ0v) is 14.3. The Morgan fingerprint density at radius 1 is 1.15 bits per heavy atom. The number of likely N-dealkylation sites (N-methyl/N-ethyl adjacent to an activating group) is 1. The molecule has 0 aliphatic carbocycles. The summed E-state index contributed by atoms with van der Waals surface area (Å²) in [5, 5.41) is 4.66. The lowest BCUT2D eigenvalue weighted by Gasteiger charge is -2.18. The molecule has 2 aromatic rings. The molecule has 0 amide bonds. The molecule has 1 atom stereocenters. The van der Waals surface area contributed by atoms with Crippen molar-refractivity contribution < 1.29 is 0 Å². The van der Waals surface area contributed by atoms with Gasteiger partial charge in [0.15, 0.2) is 0 Å². The second-order valence-electron chi connectivity index (χ2n) is 4.75. The third kappa shape index (κ3) is 4.23. The number of hydrogen-bond donors (Lipinski definition) is 1. The van der Waals surface area contributed by atoms with Gasteiger partial charge in [-0.2, -0.15) is 0 Å². The van der Waals surface area contributed by atoms with Crippen molar-refractivity contribution in [3.05, 3.63) is 68.1 Å². The first kappa shape index (κ1) is 15.8. The Bertz CT molecular complexity index is 586. The maximum absolute atomic E-state index is 6.28. The van der Waals surface area contributed by atoms with Gasteiger partial charge in [-0.15, -0.1) is 0 Å². The van der Waals surface area contributed by atoms with Gasteiger partial charge in [0.2, 0.25) is 0 Å². The summed E-state index contributed by atoms with van der Waals surface area (Å²) >= 11 is 15.8. The van der Waals surface area contributed by atoms with Gasteiger partial charge >= 0.3 is 0 Å². The van der Waals surface area contributed by atoms with Crippen LogP contribution in [0.15, 0.2) is 46.9 Å². The molecule has 0 radical (unpaired) electrons. The van der Waals surface area contributed by atoms with Crippen LogP contribution in [-0.4, -0.2) is 13.6 Å². The van der Waals surface area contributed by atoms with E-state index in [1.165, 1.54) is 5.56 Å². The SMILES string of the molecule is CNCC(Cc1ccc(Cl)cc1Cl)c1cccc(Br)c1. The summed E-state index contributed by atoms with van der Waals surface area (Å²) in [6, 6.07) is 14.1. The first-order chi connectivity index (χ1) is 9.60. The van der Waals surface area contributed by atoms with Crippen molar-refractivity contribution in [3.8, 4) is 0 Å². The van der Waals surface area contributed by atoms with Crippen LogP contribution in [0.4, 0.5) is 0 Å². The van der Waals surface area contributed by atoms with Crippen LogP contribution in [0, 0.1) is 0 Å². The van der Waals surface area contributed by atoms with E-state index in [9.17, 15) is 0 Å². The van der Waals surface area contributed by atoms with Gasteiger partial charge in [0, 0.05) is 27.0 Å². The van der Waals surface area contributed by atoms with Gasteiger partial charge in [-0.1, -0.05) is 57.3 Å². The zero-order chi connectivity index (χ0) is 14.5. The van der Waals surface area contributed by atoms with E-state index in [0.717, 1.165) is 28.0 Å². The van der Waals surface area contributed by atoms with E-state index < -0.39 is 0 Å². The fraction of sp³-hybridized carbons (Fsp3) is 0.250. The lowest BCUT2D eigenvalue weighted by Crippen LogP contribution is -2.19. The quantitative estimate of drug-likeness (QED) is 0.750. The van der Waals surface area contributed by atoms with Crippen molar-refractivity contribution in [1.29, 1.82) is 0 Å². The van der Waals surface area contributed by atoms with Crippen molar-refractivity contribution in [3.63, 3.8) is 0 Å². The predicted molar refractivity (Wildman–Crippen MR) is 91.0 cm³/mol. The molecule has 0 spiro atoms. The van der Waals surface area contributed by atoms with Crippen molar-refractivity contribution in [2.75, 3.05) is 13.6 Å². The molecule has 0 saturated heterocycles. The fourth-order valence-corrected chi connectivity index (χ4v) is 3.17. The van der Waals surface area contributed by atoms with Crippen LogP contribution in [0.3, 0.4) is 0 Å². The number of rotatable bonds is 5. The van der Waals surface area contributed by atoms with Crippen LogP contribution < -0.4 is 5.32 Å². The van der Waals surface area contributed by atoms with Crippen molar-refractivity contribution in [2.24, 2.45) is 0 Å². The summed E-state index contributed by atoms with van der Waals surface area (Å²) in [5.41, 5.74) is 2.41. The summed E-state index contributed by atoms with van der Waals surface area (Å²) in [7, 11) is 1.97. The normalized spacial score (nSPS) is 12.4. The second-order valence-corrected chi connectivity index (χ2v) is 6.51. The molecule has 4 heteroatoms. The fourth-order valence-electron chi connectivity index (χ4n) is 2.27. The van der Waals surface area contributed by atoms with E-state index in [0.29, 0.717) is 10.9 Å². The average Bonchev–Trinajstić information content (AvgIpc) is 2.41. The van der Waals surface area contributed by atoms with Crippen LogP contribution in [0.25, 0.3) is 0 Å². The second kappa shape index (κ2) is 7.46. The highest BCUT2D eigenvalue weighted by atomic mass is 79.9. The molecular formula is C16H16BrCl2N. The molecule has 0 aromatic heterocycles. The molecular weight excluding hydrogens is 357 g/mol. The van der Waals surface area contributed by atoms with Crippen molar-refractivity contribution in [2.45, 2.75) is 12.3 Å². The van der Waals surface area contributed by atoms with E-state index in [1.54, 1.807) is 6.07 Å². The van der Waals surface area contributed by atoms with E-state index in [1.807, 2.05) is 25.2 Å². The topological polar surface area (TPSA) is 12.0 Å². The molecule has 2 rings (SSSR count). The lowest BCUT2D eigenvalue weighted by atomic mass is 9.92. The minimum atomic E-state index is 0.371. The third-order valence-electron chi connectivity index (χ3n) is 3.25. The van der Waals surface area contributed by atoms with Crippen LogP contribution in [0.5, 0.6) is 0 Å². The summed E-state index contributed by atoms with van der Waals surface area (Å²) in [4.78, 5) is 0. The van der Waals surface area contributed by atoms with Gasteiger partial charge in [0.05, 0.1) is 0 Å². The molecule has 20 heavy (non-hydrogen) atoms. The van der Waals surface area contributed by atoms with E-state index >= 15 is 0 Å². The predicted octanol–water partition coefficient (Wildman–Crippen LogP) is 5.30. The van der Waals surface area contributed by atoms with Crippen LogP contribution >= 0.6 is 39.1 Å². The molecule has 0 aliphatic rings. The highest BCUT2D eigenvalue weighted by molar-refractivity contribution is 9.10. The van der Waals surface area contributed by atoms with Gasteiger partial charge in [-0.25, -0.2) is 0 Å². The third-order valence-corrected chi connectivity index (χ3v) is 4.33. The van der Waals surface area contributed by atoms with Crippen LogP contribution in [0.1, 0.15) is 17.0 Å². The highest BCUT2D eigenvalue weighted by Crippen LogP contribution is 2.28. The molecule has 2 aromatic carbocycles. The monoisotopic (exact) mass is 371 g/mol. The molecule has 0 saturated carbocycles. The summed E-state index contributed by atoms with van der Waals surface area (Å²) in [5.74, 6) is 0.371. The Balaban J connectivity index is 2.25. The van der Waals surface area contributed by atoms with Gasteiger partial charge in [-0.05, 0) is 48.9 Å². The first-order valence-electron chi connectivity index (χ1n) is 6.44. The molecule has 106 valence electrons. The number of nitrogens with one attached hydrogen (secondary N) is 1. The first-order valence-corrected chi connectivity index (χ1v) is 7.99. The number of benzene rings is 2. The van der Waals surface area contributed by atoms with Crippen LogP contribution in [-0.2, 0) is 6.42 Å². The van der Waals surface area contributed by atoms with Gasteiger partial charge in [-0.3, -0.25) is 0 Å².